The van der Waals surface area contributed by atoms with Crippen molar-refractivity contribution in [3.63, 3.8) is 0 Å². The monoisotopic (exact) mass is 260 g/mol. The Morgan fingerprint density at radius 1 is 1.50 bits per heavy atom. The average Bonchev–Trinajstić information content (AvgIpc) is 2.41. The molecule has 0 fully saturated rings. The first-order valence-corrected chi connectivity index (χ1v) is 5.54. The van der Waals surface area contributed by atoms with Gasteiger partial charge in [0.1, 0.15) is 5.02 Å². The highest BCUT2D eigenvalue weighted by atomic mass is 35.5. The molecule has 0 unspecified atom stereocenters. The molecule has 6 heteroatoms. The van der Waals surface area contributed by atoms with Gasteiger partial charge >= 0.3 is 0 Å². The van der Waals surface area contributed by atoms with E-state index in [4.69, 9.17) is 16.9 Å². The highest BCUT2D eigenvalue weighted by Gasteiger charge is 2.04. The van der Waals surface area contributed by atoms with Gasteiger partial charge in [-0.05, 0) is 17.7 Å². The number of hydrogen-bond donors (Lipinski definition) is 2. The van der Waals surface area contributed by atoms with E-state index in [9.17, 15) is 4.79 Å². The Labute approximate surface area is 108 Å². The molecule has 0 bridgehead atoms. The first kappa shape index (κ1) is 12.1. The predicted molar refractivity (Wildman–Crippen MR) is 68.4 cm³/mol. The minimum Gasteiger partial charge on any atom is -0.378 e. The van der Waals surface area contributed by atoms with Crippen molar-refractivity contribution in [3.8, 4) is 6.07 Å². The van der Waals surface area contributed by atoms with Crippen LogP contribution in [0, 0.1) is 11.3 Å². The quantitative estimate of drug-likeness (QED) is 0.883. The molecule has 2 aromatic rings. The maximum Gasteiger partial charge on any atom is 0.285 e. The van der Waals surface area contributed by atoms with Crippen molar-refractivity contribution >= 4 is 17.3 Å². The Kier molecular flexibility index (Phi) is 3.60. The third-order valence-electron chi connectivity index (χ3n) is 2.33. The molecule has 5 nitrogen and oxygen atoms in total. The molecule has 1 aromatic carbocycles. The lowest BCUT2D eigenvalue weighted by atomic mass is 10.1. The van der Waals surface area contributed by atoms with Gasteiger partial charge < -0.3 is 5.32 Å². The second-order valence-corrected chi connectivity index (χ2v) is 3.97. The Morgan fingerprint density at radius 3 is 3.11 bits per heavy atom. The van der Waals surface area contributed by atoms with Crippen LogP contribution >= 0.6 is 11.6 Å². The summed E-state index contributed by atoms with van der Waals surface area (Å²) in [6.07, 6.45) is 1.44. The fourth-order valence-corrected chi connectivity index (χ4v) is 1.61. The molecule has 0 aliphatic rings. The van der Waals surface area contributed by atoms with E-state index in [0.29, 0.717) is 17.8 Å². The number of nitriles is 1. The topological polar surface area (TPSA) is 81.6 Å². The average molecular weight is 261 g/mol. The van der Waals surface area contributed by atoms with Gasteiger partial charge in [-0.1, -0.05) is 23.7 Å². The molecule has 0 atom stereocenters. The summed E-state index contributed by atoms with van der Waals surface area (Å²) in [5.74, 6) is 0. The molecule has 2 rings (SSSR count). The van der Waals surface area contributed by atoms with Gasteiger partial charge in [0.2, 0.25) is 0 Å². The molecule has 0 radical (unpaired) electrons. The van der Waals surface area contributed by atoms with E-state index in [1.807, 2.05) is 6.07 Å². The number of hydrogen-bond acceptors (Lipinski definition) is 4. The van der Waals surface area contributed by atoms with Crippen molar-refractivity contribution < 1.29 is 0 Å². The minimum absolute atomic E-state index is 0.0708. The Hall–Kier alpha value is -2.32. The van der Waals surface area contributed by atoms with E-state index in [2.05, 4.69) is 21.6 Å². The molecule has 1 heterocycles. The highest BCUT2D eigenvalue weighted by molar-refractivity contribution is 6.32. The summed E-state index contributed by atoms with van der Waals surface area (Å²) in [7, 11) is 0. The van der Waals surface area contributed by atoms with Crippen LogP contribution in [-0.4, -0.2) is 10.2 Å². The maximum atomic E-state index is 11.2. The molecule has 1 aromatic heterocycles. The van der Waals surface area contributed by atoms with Crippen molar-refractivity contribution in [3.05, 3.63) is 57.0 Å². The lowest BCUT2D eigenvalue weighted by molar-refractivity contribution is 0.981. The second-order valence-electron chi connectivity index (χ2n) is 3.59. The Bertz CT molecular complexity index is 660. The number of H-pyrrole nitrogens is 1. The fourth-order valence-electron chi connectivity index (χ4n) is 1.45. The minimum atomic E-state index is -0.438. The number of anilines is 1. The number of nitrogens with zero attached hydrogens (tertiary/aromatic N) is 2. The highest BCUT2D eigenvalue weighted by Crippen LogP contribution is 2.15. The van der Waals surface area contributed by atoms with Gasteiger partial charge in [-0.3, -0.25) is 4.79 Å². The molecule has 0 amide bonds. The van der Waals surface area contributed by atoms with Gasteiger partial charge in [-0.25, -0.2) is 5.10 Å². The zero-order chi connectivity index (χ0) is 13.0. The van der Waals surface area contributed by atoms with Crippen molar-refractivity contribution in [2.75, 3.05) is 5.32 Å². The van der Waals surface area contributed by atoms with E-state index in [0.717, 1.165) is 5.56 Å². The summed E-state index contributed by atoms with van der Waals surface area (Å²) in [6, 6.07) is 9.23. The lowest BCUT2D eigenvalue weighted by Crippen LogP contribution is -2.11. The first-order valence-electron chi connectivity index (χ1n) is 5.17. The van der Waals surface area contributed by atoms with Crippen LogP contribution < -0.4 is 10.9 Å². The van der Waals surface area contributed by atoms with Crippen LogP contribution in [0.4, 0.5) is 5.69 Å². The van der Waals surface area contributed by atoms with Crippen LogP contribution in [0.3, 0.4) is 0 Å². The van der Waals surface area contributed by atoms with Crippen molar-refractivity contribution in [2.45, 2.75) is 6.54 Å². The van der Waals surface area contributed by atoms with E-state index in [1.54, 1.807) is 18.2 Å². The van der Waals surface area contributed by atoms with Crippen LogP contribution in [0.1, 0.15) is 11.1 Å². The van der Waals surface area contributed by atoms with Crippen LogP contribution in [0.2, 0.25) is 5.02 Å². The summed E-state index contributed by atoms with van der Waals surface area (Å²) in [4.78, 5) is 11.2. The van der Waals surface area contributed by atoms with Crippen molar-refractivity contribution in [1.29, 1.82) is 5.26 Å². The number of rotatable bonds is 3. The lowest BCUT2D eigenvalue weighted by Gasteiger charge is -2.07. The second kappa shape index (κ2) is 5.34. The standard InChI is InChI=1S/C12H9ClN4O/c13-11-10(7-16-17-12(11)18)15-6-9-3-1-2-8(4-9)5-14/h1-4,7H,6H2,(H2,15,17,18). The number of aromatic nitrogens is 2. The van der Waals surface area contributed by atoms with Crippen LogP contribution in [-0.2, 0) is 6.54 Å². The number of aromatic amines is 1. The largest absolute Gasteiger partial charge is 0.378 e. The third-order valence-corrected chi connectivity index (χ3v) is 2.71. The number of halogens is 1. The molecule has 0 saturated heterocycles. The van der Waals surface area contributed by atoms with E-state index in [-0.39, 0.29) is 5.02 Å². The summed E-state index contributed by atoms with van der Waals surface area (Å²) in [6.45, 7) is 0.459. The summed E-state index contributed by atoms with van der Waals surface area (Å²) >= 11 is 5.82. The van der Waals surface area contributed by atoms with Crippen LogP contribution in [0.5, 0.6) is 0 Å². The predicted octanol–water partition coefficient (Wildman–Crippen LogP) is 1.91. The van der Waals surface area contributed by atoms with Gasteiger partial charge in [0, 0.05) is 6.54 Å². The SMILES string of the molecule is N#Cc1cccc(CNc2cn[nH]c(=O)c2Cl)c1. The number of nitrogens with one attached hydrogen (secondary N) is 2. The van der Waals surface area contributed by atoms with Gasteiger partial charge in [0.15, 0.2) is 0 Å². The van der Waals surface area contributed by atoms with Crippen molar-refractivity contribution in [2.24, 2.45) is 0 Å². The maximum absolute atomic E-state index is 11.2. The van der Waals surface area contributed by atoms with Crippen LogP contribution in [0.25, 0.3) is 0 Å². The van der Waals surface area contributed by atoms with E-state index < -0.39 is 5.56 Å². The summed E-state index contributed by atoms with van der Waals surface area (Å²) < 4.78 is 0. The zero-order valence-corrected chi connectivity index (χ0v) is 10.0. The van der Waals surface area contributed by atoms with E-state index in [1.165, 1.54) is 6.20 Å². The van der Waals surface area contributed by atoms with Crippen molar-refractivity contribution in [1.82, 2.24) is 10.2 Å². The molecule has 0 spiro atoms. The van der Waals surface area contributed by atoms with E-state index >= 15 is 0 Å². The molecule has 90 valence electrons. The van der Waals surface area contributed by atoms with Gasteiger partial charge in [0.05, 0.1) is 23.5 Å². The molecule has 18 heavy (non-hydrogen) atoms. The molecular weight excluding hydrogens is 252 g/mol. The molecule has 2 N–H and O–H groups in total. The number of benzene rings is 1. The zero-order valence-electron chi connectivity index (χ0n) is 9.27. The summed E-state index contributed by atoms with van der Waals surface area (Å²) in [5, 5.41) is 17.7. The summed E-state index contributed by atoms with van der Waals surface area (Å²) in [5.41, 5.74) is 1.53. The Balaban J connectivity index is 2.14. The molecule has 0 aliphatic carbocycles. The van der Waals surface area contributed by atoms with Gasteiger partial charge in [-0.15, -0.1) is 0 Å². The fraction of sp³-hybridized carbons (Fsp3) is 0.0833. The molecule has 0 saturated carbocycles. The smallest absolute Gasteiger partial charge is 0.285 e. The molecular formula is C12H9ClN4O. The van der Waals surface area contributed by atoms with Crippen LogP contribution in [0.15, 0.2) is 35.3 Å². The van der Waals surface area contributed by atoms with Gasteiger partial charge in [-0.2, -0.15) is 10.4 Å². The molecule has 0 aliphatic heterocycles. The first-order chi connectivity index (χ1) is 8.70. The Morgan fingerprint density at radius 2 is 2.33 bits per heavy atom. The normalized spacial score (nSPS) is 9.78. The third kappa shape index (κ3) is 2.67. The van der Waals surface area contributed by atoms with Gasteiger partial charge in [0.25, 0.3) is 5.56 Å².